The maximum atomic E-state index is 4.24. The number of fused-ring (bicyclic) bond motifs is 2. The Labute approximate surface area is 164 Å². The fraction of sp³-hybridized carbons (Fsp3) is 0.160. The molecule has 0 radical (unpaired) electrons. The van der Waals surface area contributed by atoms with Crippen LogP contribution in [-0.4, -0.2) is 15.0 Å². The summed E-state index contributed by atoms with van der Waals surface area (Å²) < 4.78 is 0. The topological polar surface area (TPSA) is 44.5 Å². The van der Waals surface area contributed by atoms with Crippen LogP contribution >= 0.6 is 0 Å². The zero-order valence-electron chi connectivity index (χ0n) is 16.2. The number of hydrogen-bond donors (Lipinski definition) is 2. The van der Waals surface area contributed by atoms with Crippen molar-refractivity contribution in [3.05, 3.63) is 101 Å². The van der Waals surface area contributed by atoms with Crippen molar-refractivity contribution in [3.63, 3.8) is 0 Å². The van der Waals surface area contributed by atoms with Crippen molar-refractivity contribution < 1.29 is 0 Å². The average Bonchev–Trinajstić information content (AvgIpc) is 3.22. The maximum absolute atomic E-state index is 4.24. The van der Waals surface area contributed by atoms with Crippen molar-refractivity contribution in [3.8, 4) is 0 Å². The number of nitrogens with zero attached hydrogens (tertiary/aromatic N) is 1. The van der Waals surface area contributed by atoms with Gasteiger partial charge in [0.25, 0.3) is 0 Å². The molecular formula is C25H23N3. The van der Waals surface area contributed by atoms with E-state index in [9.17, 15) is 0 Å². The number of aryl methyl sites for hydroxylation is 2. The Balaban J connectivity index is 1.71. The van der Waals surface area contributed by atoms with Crippen molar-refractivity contribution >= 4 is 21.8 Å². The summed E-state index contributed by atoms with van der Waals surface area (Å²) in [5.41, 5.74) is 8.96. The molecule has 0 fully saturated rings. The molecule has 1 unspecified atom stereocenters. The molecule has 0 amide bonds. The van der Waals surface area contributed by atoms with E-state index in [1.165, 1.54) is 49.9 Å². The van der Waals surface area contributed by atoms with Crippen molar-refractivity contribution in [1.82, 2.24) is 15.0 Å². The first-order chi connectivity index (χ1) is 13.7. The van der Waals surface area contributed by atoms with E-state index >= 15 is 0 Å². The van der Waals surface area contributed by atoms with Crippen molar-refractivity contribution in [2.45, 2.75) is 26.2 Å². The van der Waals surface area contributed by atoms with E-state index in [-0.39, 0.29) is 5.92 Å². The maximum Gasteiger partial charge on any atom is 0.0459 e. The summed E-state index contributed by atoms with van der Waals surface area (Å²) in [6.45, 7) is 4.37. The fourth-order valence-corrected chi connectivity index (χ4v) is 4.53. The van der Waals surface area contributed by atoms with Crippen molar-refractivity contribution in [2.75, 3.05) is 0 Å². The van der Waals surface area contributed by atoms with Crippen LogP contribution in [0.4, 0.5) is 0 Å². The molecule has 0 aliphatic rings. The molecule has 5 rings (SSSR count). The summed E-state index contributed by atoms with van der Waals surface area (Å²) in [7, 11) is 0. The number of nitrogens with one attached hydrogen (secondary N) is 2. The first kappa shape index (κ1) is 16.8. The van der Waals surface area contributed by atoms with Crippen LogP contribution in [0, 0.1) is 13.8 Å². The smallest absolute Gasteiger partial charge is 0.0459 e. The lowest BCUT2D eigenvalue weighted by Gasteiger charge is -2.19. The Hall–Kier alpha value is -3.33. The molecule has 2 aromatic carbocycles. The van der Waals surface area contributed by atoms with E-state index in [1.54, 1.807) is 0 Å². The highest BCUT2D eigenvalue weighted by atomic mass is 14.7. The molecule has 3 aromatic heterocycles. The minimum atomic E-state index is 0.261. The van der Waals surface area contributed by atoms with Gasteiger partial charge in [0.2, 0.25) is 0 Å². The summed E-state index contributed by atoms with van der Waals surface area (Å²) in [6, 6.07) is 21.5. The van der Waals surface area contributed by atoms with Crippen LogP contribution in [0.15, 0.2) is 73.1 Å². The third-order valence-corrected chi connectivity index (χ3v) is 5.84. The van der Waals surface area contributed by atoms with Gasteiger partial charge in [0.1, 0.15) is 0 Å². The number of H-pyrrole nitrogens is 2. The Kier molecular flexibility index (Phi) is 4.01. The largest absolute Gasteiger partial charge is 0.358 e. The Morgan fingerprint density at radius 1 is 0.750 bits per heavy atom. The summed E-state index contributed by atoms with van der Waals surface area (Å²) in [5, 5.41) is 2.62. The highest BCUT2D eigenvalue weighted by Crippen LogP contribution is 2.37. The second-order valence-corrected chi connectivity index (χ2v) is 7.52. The van der Waals surface area contributed by atoms with E-state index in [4.69, 9.17) is 0 Å². The zero-order valence-corrected chi connectivity index (χ0v) is 16.2. The SMILES string of the molecule is Cc1[nH]c2ccccc2c1CC(c1ccncc1)c1c(C)[nH]c2ccccc12. The lowest BCUT2D eigenvalue weighted by Crippen LogP contribution is -2.07. The minimum Gasteiger partial charge on any atom is -0.358 e. The van der Waals surface area contributed by atoms with Crippen molar-refractivity contribution in [1.29, 1.82) is 0 Å². The number of hydrogen-bond acceptors (Lipinski definition) is 1. The first-order valence-corrected chi connectivity index (χ1v) is 9.75. The molecule has 28 heavy (non-hydrogen) atoms. The van der Waals surface area contributed by atoms with Crippen LogP contribution in [-0.2, 0) is 6.42 Å². The molecule has 0 saturated heterocycles. The van der Waals surface area contributed by atoms with Gasteiger partial charge >= 0.3 is 0 Å². The lowest BCUT2D eigenvalue weighted by atomic mass is 9.84. The molecule has 0 bridgehead atoms. The normalized spacial score (nSPS) is 12.6. The summed E-state index contributed by atoms with van der Waals surface area (Å²) in [5.74, 6) is 0.261. The van der Waals surface area contributed by atoms with Crippen LogP contribution in [0.2, 0.25) is 0 Å². The standard InChI is InChI=1S/C25H23N3/c1-16-21(19-7-3-5-9-23(19)27-16)15-22(18-11-13-26-14-12-18)25-17(2)28-24-10-6-4-8-20(24)25/h3-14,22,27-28H,15H2,1-2H3. The monoisotopic (exact) mass is 365 g/mol. The summed E-state index contributed by atoms with van der Waals surface area (Å²) in [4.78, 5) is 11.4. The molecule has 138 valence electrons. The molecular weight excluding hydrogens is 342 g/mol. The number of aromatic nitrogens is 3. The number of benzene rings is 2. The summed E-state index contributed by atoms with van der Waals surface area (Å²) in [6.07, 6.45) is 4.74. The van der Waals surface area contributed by atoms with Gasteiger partial charge in [-0.05, 0) is 61.2 Å². The van der Waals surface area contributed by atoms with Gasteiger partial charge in [-0.1, -0.05) is 36.4 Å². The van der Waals surface area contributed by atoms with Crippen LogP contribution in [0.25, 0.3) is 21.8 Å². The average molecular weight is 365 g/mol. The molecule has 3 heteroatoms. The highest BCUT2D eigenvalue weighted by molar-refractivity contribution is 5.87. The van der Waals surface area contributed by atoms with E-state index in [1.807, 2.05) is 12.4 Å². The third-order valence-electron chi connectivity index (χ3n) is 5.84. The second-order valence-electron chi connectivity index (χ2n) is 7.52. The molecule has 3 heterocycles. The van der Waals surface area contributed by atoms with Gasteiger partial charge in [0.15, 0.2) is 0 Å². The number of aromatic amines is 2. The van der Waals surface area contributed by atoms with E-state index < -0.39 is 0 Å². The molecule has 1 atom stereocenters. The lowest BCUT2D eigenvalue weighted by molar-refractivity contribution is 0.801. The van der Waals surface area contributed by atoms with E-state index in [0.29, 0.717) is 0 Å². The quantitative estimate of drug-likeness (QED) is 0.401. The first-order valence-electron chi connectivity index (χ1n) is 9.75. The predicted octanol–water partition coefficient (Wildman–Crippen LogP) is 6.04. The number of para-hydroxylation sites is 2. The van der Waals surface area contributed by atoms with Gasteiger partial charge in [-0.15, -0.1) is 0 Å². The second kappa shape index (κ2) is 6.68. The van der Waals surface area contributed by atoms with Gasteiger partial charge in [-0.2, -0.15) is 0 Å². The van der Waals surface area contributed by atoms with E-state index in [2.05, 4.69) is 89.5 Å². The molecule has 0 aliphatic heterocycles. The van der Waals surface area contributed by atoms with Gasteiger partial charge in [0, 0.05) is 51.5 Å². The predicted molar refractivity (Wildman–Crippen MR) is 116 cm³/mol. The Morgan fingerprint density at radius 2 is 1.36 bits per heavy atom. The Morgan fingerprint density at radius 3 is 2.11 bits per heavy atom. The summed E-state index contributed by atoms with van der Waals surface area (Å²) >= 11 is 0. The molecule has 2 N–H and O–H groups in total. The van der Waals surface area contributed by atoms with Crippen LogP contribution in [0.1, 0.15) is 34.0 Å². The van der Waals surface area contributed by atoms with Gasteiger partial charge in [-0.25, -0.2) is 0 Å². The molecule has 0 aliphatic carbocycles. The number of pyridine rings is 1. The Bertz CT molecular complexity index is 1260. The van der Waals surface area contributed by atoms with Crippen LogP contribution in [0.5, 0.6) is 0 Å². The molecule has 3 nitrogen and oxygen atoms in total. The number of rotatable bonds is 4. The molecule has 0 spiro atoms. The molecule has 0 saturated carbocycles. The van der Waals surface area contributed by atoms with Gasteiger partial charge in [0.05, 0.1) is 0 Å². The van der Waals surface area contributed by atoms with Gasteiger partial charge < -0.3 is 9.97 Å². The van der Waals surface area contributed by atoms with Gasteiger partial charge in [-0.3, -0.25) is 4.98 Å². The van der Waals surface area contributed by atoms with E-state index in [0.717, 1.165) is 6.42 Å². The zero-order chi connectivity index (χ0) is 19.1. The third kappa shape index (κ3) is 2.71. The fourth-order valence-electron chi connectivity index (χ4n) is 4.53. The van der Waals surface area contributed by atoms with Crippen LogP contribution < -0.4 is 0 Å². The molecule has 5 aromatic rings. The van der Waals surface area contributed by atoms with Crippen molar-refractivity contribution in [2.24, 2.45) is 0 Å². The van der Waals surface area contributed by atoms with Crippen LogP contribution in [0.3, 0.4) is 0 Å². The highest BCUT2D eigenvalue weighted by Gasteiger charge is 2.23. The minimum absolute atomic E-state index is 0.261.